The maximum absolute atomic E-state index is 10.0. The smallest absolute Gasteiger partial charge is 0.335 e. The van der Waals surface area contributed by atoms with E-state index in [-0.39, 0.29) is 29.6 Å². The molecule has 1 radical (unpaired) electrons. The SMILES string of the molecule is CC(O)(CC(=O)O)C(=O)O.[Na]. The van der Waals surface area contributed by atoms with Crippen LogP contribution in [-0.2, 0) is 9.59 Å². The second-order valence-electron chi connectivity index (χ2n) is 2.15. The minimum absolute atomic E-state index is 0. The summed E-state index contributed by atoms with van der Waals surface area (Å²) in [6, 6.07) is 0. The van der Waals surface area contributed by atoms with E-state index in [0.29, 0.717) is 0 Å². The van der Waals surface area contributed by atoms with Gasteiger partial charge in [-0.2, -0.15) is 0 Å². The van der Waals surface area contributed by atoms with E-state index >= 15 is 0 Å². The van der Waals surface area contributed by atoms with Crippen LogP contribution in [-0.4, -0.2) is 62.4 Å². The molecule has 11 heavy (non-hydrogen) atoms. The van der Waals surface area contributed by atoms with Crippen LogP contribution in [0.4, 0.5) is 0 Å². The molecular formula is C5H8NaO5. The van der Waals surface area contributed by atoms with E-state index in [4.69, 9.17) is 15.3 Å². The maximum atomic E-state index is 10.0. The fourth-order valence-electron chi connectivity index (χ4n) is 0.370. The van der Waals surface area contributed by atoms with Crippen molar-refractivity contribution >= 4 is 41.5 Å². The van der Waals surface area contributed by atoms with Crippen LogP contribution in [0, 0.1) is 0 Å². The predicted octanol–water partition coefficient (Wildman–Crippen LogP) is -1.08. The van der Waals surface area contributed by atoms with Gasteiger partial charge < -0.3 is 15.3 Å². The zero-order chi connectivity index (χ0) is 8.36. The molecule has 0 aromatic rings. The molecule has 0 aromatic carbocycles. The number of carbonyl (C=O) groups is 2. The monoisotopic (exact) mass is 171 g/mol. The fraction of sp³-hybridized carbons (Fsp3) is 0.600. The van der Waals surface area contributed by atoms with Crippen LogP contribution < -0.4 is 0 Å². The molecule has 5 nitrogen and oxygen atoms in total. The molecule has 1 atom stereocenters. The Morgan fingerprint density at radius 2 is 1.73 bits per heavy atom. The number of aliphatic hydroxyl groups is 1. The van der Waals surface area contributed by atoms with Crippen LogP contribution in [0.15, 0.2) is 0 Å². The Morgan fingerprint density at radius 3 is 1.82 bits per heavy atom. The molecule has 0 rings (SSSR count). The summed E-state index contributed by atoms with van der Waals surface area (Å²) in [5, 5.41) is 25.0. The molecule has 0 fully saturated rings. The first kappa shape index (κ1) is 13.5. The Balaban J connectivity index is 0. The van der Waals surface area contributed by atoms with Gasteiger partial charge in [-0.25, -0.2) is 4.79 Å². The van der Waals surface area contributed by atoms with Crippen molar-refractivity contribution < 1.29 is 24.9 Å². The minimum Gasteiger partial charge on any atom is -0.481 e. The quantitative estimate of drug-likeness (QED) is 0.469. The summed E-state index contributed by atoms with van der Waals surface area (Å²) in [6.45, 7) is 0.934. The van der Waals surface area contributed by atoms with E-state index in [2.05, 4.69) is 0 Å². The molecule has 0 saturated carbocycles. The summed E-state index contributed by atoms with van der Waals surface area (Å²) in [7, 11) is 0. The van der Waals surface area contributed by atoms with Gasteiger partial charge in [-0.1, -0.05) is 0 Å². The number of carboxylic acid groups (broad SMARTS) is 2. The fourth-order valence-corrected chi connectivity index (χ4v) is 0.370. The van der Waals surface area contributed by atoms with E-state index in [1.165, 1.54) is 0 Å². The second-order valence-corrected chi connectivity index (χ2v) is 2.15. The predicted molar refractivity (Wildman–Crippen MR) is 36.3 cm³/mol. The van der Waals surface area contributed by atoms with Crippen molar-refractivity contribution in [1.29, 1.82) is 0 Å². The molecular weight excluding hydrogens is 163 g/mol. The van der Waals surface area contributed by atoms with E-state index in [1.54, 1.807) is 0 Å². The molecule has 3 N–H and O–H groups in total. The molecule has 0 aliphatic heterocycles. The summed E-state index contributed by atoms with van der Waals surface area (Å²) in [5.74, 6) is -2.87. The van der Waals surface area contributed by atoms with Gasteiger partial charge in [-0.3, -0.25) is 4.79 Å². The average Bonchev–Trinajstić information content (AvgIpc) is 1.60. The molecule has 0 aromatic heterocycles. The van der Waals surface area contributed by atoms with Crippen LogP contribution in [0.1, 0.15) is 13.3 Å². The van der Waals surface area contributed by atoms with Gasteiger partial charge in [0.2, 0.25) is 0 Å². The van der Waals surface area contributed by atoms with Crippen LogP contribution in [0.5, 0.6) is 0 Å². The number of hydrogen-bond acceptors (Lipinski definition) is 3. The first-order valence-corrected chi connectivity index (χ1v) is 2.54. The number of rotatable bonds is 3. The zero-order valence-electron chi connectivity index (χ0n) is 6.37. The molecule has 0 aliphatic rings. The van der Waals surface area contributed by atoms with E-state index in [9.17, 15) is 9.59 Å². The second kappa shape index (κ2) is 4.71. The molecule has 0 aliphatic carbocycles. The van der Waals surface area contributed by atoms with Gasteiger partial charge in [0.25, 0.3) is 0 Å². The van der Waals surface area contributed by atoms with E-state index in [0.717, 1.165) is 6.92 Å². The topological polar surface area (TPSA) is 94.8 Å². The number of carboxylic acids is 2. The van der Waals surface area contributed by atoms with Crippen LogP contribution in [0.3, 0.4) is 0 Å². The first-order chi connectivity index (χ1) is 4.36. The van der Waals surface area contributed by atoms with Crippen molar-refractivity contribution in [2.75, 3.05) is 0 Å². The zero-order valence-corrected chi connectivity index (χ0v) is 8.37. The van der Waals surface area contributed by atoms with E-state index < -0.39 is 24.0 Å². The van der Waals surface area contributed by atoms with Crippen molar-refractivity contribution in [3.63, 3.8) is 0 Å². The Hall–Kier alpha value is -0.100. The van der Waals surface area contributed by atoms with Gasteiger partial charge in [0.05, 0.1) is 6.42 Å². The Kier molecular flexibility index (Phi) is 5.78. The summed E-state index contributed by atoms with van der Waals surface area (Å²) in [4.78, 5) is 19.9. The number of hydrogen-bond donors (Lipinski definition) is 3. The number of aliphatic carboxylic acids is 2. The molecule has 0 spiro atoms. The van der Waals surface area contributed by atoms with Crippen LogP contribution in [0.2, 0.25) is 0 Å². The van der Waals surface area contributed by atoms with Crippen molar-refractivity contribution in [3.8, 4) is 0 Å². The third kappa shape index (κ3) is 5.20. The van der Waals surface area contributed by atoms with Crippen LogP contribution in [0.25, 0.3) is 0 Å². The summed E-state index contributed by atoms with van der Waals surface area (Å²) in [6.07, 6.45) is -0.789. The van der Waals surface area contributed by atoms with Crippen LogP contribution >= 0.6 is 0 Å². The first-order valence-electron chi connectivity index (χ1n) is 2.54. The summed E-state index contributed by atoms with van der Waals surface area (Å²) < 4.78 is 0. The normalized spacial score (nSPS) is 14.4. The Labute approximate surface area is 85.3 Å². The third-order valence-corrected chi connectivity index (χ3v) is 0.956. The van der Waals surface area contributed by atoms with Crippen molar-refractivity contribution in [2.24, 2.45) is 0 Å². The molecule has 0 amide bonds. The molecule has 0 heterocycles. The van der Waals surface area contributed by atoms with Gasteiger partial charge in [0, 0.05) is 29.6 Å². The largest absolute Gasteiger partial charge is 0.481 e. The van der Waals surface area contributed by atoms with Gasteiger partial charge in [0.15, 0.2) is 5.60 Å². The third-order valence-electron chi connectivity index (χ3n) is 0.956. The van der Waals surface area contributed by atoms with Crippen molar-refractivity contribution in [3.05, 3.63) is 0 Å². The molecule has 1 unspecified atom stereocenters. The van der Waals surface area contributed by atoms with Gasteiger partial charge in [-0.05, 0) is 6.92 Å². The van der Waals surface area contributed by atoms with Gasteiger partial charge in [-0.15, -0.1) is 0 Å². The van der Waals surface area contributed by atoms with Gasteiger partial charge >= 0.3 is 11.9 Å². The summed E-state index contributed by atoms with van der Waals surface area (Å²) in [5.41, 5.74) is -2.16. The van der Waals surface area contributed by atoms with Crippen molar-refractivity contribution in [1.82, 2.24) is 0 Å². The molecule has 0 saturated heterocycles. The summed E-state index contributed by atoms with van der Waals surface area (Å²) >= 11 is 0. The van der Waals surface area contributed by atoms with Crippen molar-refractivity contribution in [2.45, 2.75) is 18.9 Å². The molecule has 59 valence electrons. The maximum Gasteiger partial charge on any atom is 0.335 e. The minimum atomic E-state index is -2.16. The average molecular weight is 171 g/mol. The van der Waals surface area contributed by atoms with E-state index in [1.807, 2.05) is 0 Å². The standard InChI is InChI=1S/C5H8O5.Na/c1-5(10,4(8)9)2-3(6)7;/h10H,2H2,1H3,(H,6,7)(H,8,9);. The molecule has 0 bridgehead atoms. The Morgan fingerprint density at radius 1 is 1.36 bits per heavy atom. The molecule has 6 heteroatoms. The Bertz CT molecular complexity index is 164. The van der Waals surface area contributed by atoms with Gasteiger partial charge in [0.1, 0.15) is 0 Å².